The molecule has 0 aromatic heterocycles. The van der Waals surface area contributed by atoms with E-state index in [1.54, 1.807) is 20.8 Å². The van der Waals surface area contributed by atoms with Crippen LogP contribution in [0.5, 0.6) is 0 Å². The van der Waals surface area contributed by atoms with E-state index in [0.29, 0.717) is 6.42 Å². The fraction of sp³-hybridized carbons (Fsp3) is 0.920. The largest absolute Gasteiger partial charge is 0.465 e. The Bertz CT molecular complexity index is 1050. The third-order valence-corrected chi connectivity index (χ3v) is 6.55. The van der Waals surface area contributed by atoms with Gasteiger partial charge in [0.1, 0.15) is 0 Å². The van der Waals surface area contributed by atoms with E-state index < -0.39 is 104 Å². The van der Waals surface area contributed by atoms with E-state index in [4.69, 9.17) is 0 Å². The van der Waals surface area contributed by atoms with E-state index in [-0.39, 0.29) is 5.92 Å². The standard InChI is InChI=1S/C13H16F10O2.C9H15F3O2.C3F8O/c1-6(2)7(3)8(24)25-5-4-10(16,17)12(19,20)11(18,9(14)15)13(21,22)23;1-4-8(2,3)7(13)14-6-5-9(10,11)12;4-1(12-11,2(5,6)7)3(8,9)10/h6-7,9H,4-5H2,1-3H3;4-6H2,1-3H3;. The minimum Gasteiger partial charge on any atom is -0.465 e. The number of carbonyl (C=O) groups excluding carboxylic acids is 2. The van der Waals surface area contributed by atoms with Gasteiger partial charge in [-0.05, 0) is 30.7 Å². The highest BCUT2D eigenvalue weighted by atomic mass is 19.4. The van der Waals surface area contributed by atoms with Gasteiger partial charge in [0.15, 0.2) is 0 Å². The highest BCUT2D eigenvalue weighted by molar-refractivity contribution is 5.75. The van der Waals surface area contributed by atoms with E-state index in [1.807, 2.05) is 0 Å². The van der Waals surface area contributed by atoms with Gasteiger partial charge in [0.05, 0.1) is 37.4 Å². The zero-order chi connectivity index (χ0) is 42.0. The van der Waals surface area contributed by atoms with Crippen LogP contribution in [0.2, 0.25) is 0 Å². The Morgan fingerprint density at radius 2 is 1.02 bits per heavy atom. The lowest BCUT2D eigenvalue weighted by Crippen LogP contribution is -2.67. The summed E-state index contributed by atoms with van der Waals surface area (Å²) in [4.78, 5) is 23.8. The Balaban J connectivity index is -0.000000747. The first-order valence-corrected chi connectivity index (χ1v) is 13.5. The molecule has 0 heterocycles. The Hall–Kier alpha value is -2.57. The molecule has 0 rings (SSSR count). The number of halogens is 21. The van der Waals surface area contributed by atoms with Crippen molar-refractivity contribution in [1.29, 1.82) is 0 Å². The van der Waals surface area contributed by atoms with Crippen molar-refractivity contribution in [2.24, 2.45) is 17.3 Å². The molecular weight excluding hydrogens is 779 g/mol. The van der Waals surface area contributed by atoms with Gasteiger partial charge in [0.2, 0.25) is 0 Å². The summed E-state index contributed by atoms with van der Waals surface area (Å²) < 4.78 is 261. The Labute approximate surface area is 275 Å². The lowest BCUT2D eigenvalue weighted by atomic mass is 9.90. The number of ether oxygens (including phenoxy) is 2. The second kappa shape index (κ2) is 18.5. The van der Waals surface area contributed by atoms with Gasteiger partial charge >= 0.3 is 60.0 Å². The summed E-state index contributed by atoms with van der Waals surface area (Å²) in [5.41, 5.74) is -7.47. The molecule has 0 amide bonds. The lowest BCUT2D eigenvalue weighted by Gasteiger charge is -2.38. The van der Waals surface area contributed by atoms with Gasteiger partial charge in [0.25, 0.3) is 6.43 Å². The summed E-state index contributed by atoms with van der Waals surface area (Å²) in [7, 11) is 0. The molecule has 0 aliphatic heterocycles. The quantitative estimate of drug-likeness (QED) is 0.137. The molecule has 2 unspecified atom stereocenters. The predicted molar refractivity (Wildman–Crippen MR) is 129 cm³/mol. The summed E-state index contributed by atoms with van der Waals surface area (Å²) in [6, 6.07) is 0. The Kier molecular flexibility index (Phi) is 19.1. The summed E-state index contributed by atoms with van der Waals surface area (Å²) in [6.07, 6.45) is -32.5. The van der Waals surface area contributed by atoms with Crippen LogP contribution >= 0.6 is 0 Å². The third-order valence-electron chi connectivity index (χ3n) is 6.55. The maximum Gasteiger partial charge on any atom is 0.461 e. The molecule has 0 spiro atoms. The van der Waals surface area contributed by atoms with E-state index >= 15 is 0 Å². The maximum atomic E-state index is 13.4. The van der Waals surface area contributed by atoms with Gasteiger partial charge in [-0.25, -0.2) is 13.2 Å². The fourth-order valence-corrected chi connectivity index (χ4v) is 2.39. The van der Waals surface area contributed by atoms with Crippen LogP contribution in [0.25, 0.3) is 0 Å². The maximum absolute atomic E-state index is 13.4. The minimum atomic E-state index is -6.96. The van der Waals surface area contributed by atoms with Gasteiger partial charge in [-0.1, -0.05) is 27.7 Å². The topological polar surface area (TPSA) is 61.8 Å². The number of esters is 2. The van der Waals surface area contributed by atoms with Gasteiger partial charge in [0, 0.05) is 0 Å². The van der Waals surface area contributed by atoms with Crippen molar-refractivity contribution in [1.82, 2.24) is 0 Å². The first kappa shape index (κ1) is 52.8. The number of rotatable bonds is 13. The molecule has 26 heteroatoms. The van der Waals surface area contributed by atoms with Crippen LogP contribution in [0.15, 0.2) is 0 Å². The number of hydrogen-bond acceptors (Lipinski definition) is 5. The normalized spacial score (nSPS) is 15.6. The van der Waals surface area contributed by atoms with Crippen LogP contribution in [0.1, 0.15) is 60.8 Å². The molecule has 0 aromatic carbocycles. The molecule has 308 valence electrons. The summed E-state index contributed by atoms with van der Waals surface area (Å²) >= 11 is 0. The monoisotopic (exact) mass is 810 g/mol. The minimum absolute atomic E-state index is 0.322. The molecule has 0 saturated carbocycles. The van der Waals surface area contributed by atoms with Crippen LogP contribution in [-0.4, -0.2) is 79.7 Å². The molecular formula is C25H31F21O5. The van der Waals surface area contributed by atoms with Gasteiger partial charge in [-0.2, -0.15) is 74.6 Å². The molecule has 0 saturated heterocycles. The van der Waals surface area contributed by atoms with E-state index in [1.165, 1.54) is 25.7 Å². The molecule has 0 bridgehead atoms. The van der Waals surface area contributed by atoms with E-state index in [9.17, 15) is 102 Å². The molecule has 5 nitrogen and oxygen atoms in total. The first-order valence-electron chi connectivity index (χ1n) is 13.5. The molecule has 0 aliphatic carbocycles. The number of hydrogen-bond donors (Lipinski definition) is 0. The van der Waals surface area contributed by atoms with E-state index in [2.05, 4.69) is 9.47 Å². The van der Waals surface area contributed by atoms with Gasteiger partial charge in [-0.3, -0.25) is 9.59 Å². The van der Waals surface area contributed by atoms with Crippen LogP contribution < -0.4 is 0 Å². The van der Waals surface area contributed by atoms with Crippen molar-refractivity contribution in [2.75, 3.05) is 13.2 Å². The van der Waals surface area contributed by atoms with Crippen LogP contribution in [0.4, 0.5) is 92.3 Å². The highest BCUT2D eigenvalue weighted by Crippen LogP contribution is 2.56. The first-order chi connectivity index (χ1) is 22.2. The molecule has 2 atom stereocenters. The Morgan fingerprint density at radius 3 is 1.27 bits per heavy atom. The molecule has 0 radical (unpaired) electrons. The highest BCUT2D eigenvalue weighted by Gasteiger charge is 2.83. The van der Waals surface area contributed by atoms with E-state index in [0.717, 1.165) is 0 Å². The second-order valence-electron chi connectivity index (χ2n) is 11.1. The van der Waals surface area contributed by atoms with Gasteiger partial charge < -0.3 is 9.47 Å². The molecule has 0 N–H and O–H groups in total. The second-order valence-corrected chi connectivity index (χ2v) is 11.1. The van der Waals surface area contributed by atoms with Gasteiger partial charge in [-0.15, -0.1) is 4.94 Å². The van der Waals surface area contributed by atoms with Crippen LogP contribution in [0.3, 0.4) is 0 Å². The third kappa shape index (κ3) is 14.4. The number of carbonyl (C=O) groups is 2. The zero-order valence-electron chi connectivity index (χ0n) is 26.7. The Morgan fingerprint density at radius 1 is 0.627 bits per heavy atom. The molecule has 0 aliphatic rings. The number of alkyl halides is 20. The SMILES string of the molecule is CC(C)C(C)C(=O)OCCC(F)(F)C(F)(F)C(F)(C(F)F)C(F)(F)F.CCC(C)(C)C(=O)OCCC(F)(F)F.FOC(F)(C(F)(F)F)C(F)(F)F. The average Bonchev–Trinajstić information content (AvgIpc) is 2.93. The van der Waals surface area contributed by atoms with Crippen LogP contribution in [0, 0.1) is 17.3 Å². The van der Waals surface area contributed by atoms with Crippen molar-refractivity contribution in [2.45, 2.75) is 115 Å². The van der Waals surface area contributed by atoms with Crippen molar-refractivity contribution in [3.63, 3.8) is 0 Å². The van der Waals surface area contributed by atoms with Crippen LogP contribution in [-0.2, 0) is 24.0 Å². The molecule has 0 aromatic rings. The average molecular weight is 810 g/mol. The molecule has 0 fully saturated rings. The summed E-state index contributed by atoms with van der Waals surface area (Å²) in [6.45, 7) is 7.36. The zero-order valence-corrected chi connectivity index (χ0v) is 26.7. The molecule has 51 heavy (non-hydrogen) atoms. The summed E-state index contributed by atoms with van der Waals surface area (Å²) in [5, 5.41) is 0. The lowest BCUT2D eigenvalue weighted by molar-refractivity contribution is -0.479. The van der Waals surface area contributed by atoms with Crippen molar-refractivity contribution in [3.8, 4) is 0 Å². The smallest absolute Gasteiger partial charge is 0.461 e. The summed E-state index contributed by atoms with van der Waals surface area (Å²) in [5.74, 6) is -21.7. The van der Waals surface area contributed by atoms with Crippen molar-refractivity contribution in [3.05, 3.63) is 0 Å². The van der Waals surface area contributed by atoms with Crippen molar-refractivity contribution < 1.29 is 116 Å². The van der Waals surface area contributed by atoms with Crippen molar-refractivity contribution >= 4 is 11.9 Å². The predicted octanol–water partition coefficient (Wildman–Crippen LogP) is 10.6. The fourth-order valence-electron chi connectivity index (χ4n) is 2.39.